The van der Waals surface area contributed by atoms with Crippen LogP contribution in [0.15, 0.2) is 42.5 Å². The summed E-state index contributed by atoms with van der Waals surface area (Å²) < 4.78 is 43.5. The molecule has 1 unspecified atom stereocenters. The second-order valence-electron chi connectivity index (χ2n) is 7.78. The Morgan fingerprint density at radius 2 is 1.88 bits per heavy atom. The van der Waals surface area contributed by atoms with Crippen LogP contribution in [0.4, 0.5) is 23.7 Å². The van der Waals surface area contributed by atoms with E-state index >= 15 is 0 Å². The number of carbonyl (C=O) groups excluding carboxylic acids is 1. The molecule has 1 aliphatic heterocycles. The maximum atomic E-state index is 12.8. The Morgan fingerprint density at radius 1 is 1.16 bits per heavy atom. The monoisotopic (exact) mass is 450 g/mol. The number of ether oxygens (including phenoxy) is 1. The van der Waals surface area contributed by atoms with Crippen LogP contribution in [0.25, 0.3) is 0 Å². The van der Waals surface area contributed by atoms with Crippen molar-refractivity contribution in [3.63, 3.8) is 0 Å². The molecule has 0 aromatic heterocycles. The maximum Gasteiger partial charge on any atom is 0.416 e. The summed E-state index contributed by atoms with van der Waals surface area (Å²) in [4.78, 5) is 25.3. The van der Waals surface area contributed by atoms with Crippen LogP contribution in [0.3, 0.4) is 0 Å². The van der Waals surface area contributed by atoms with E-state index in [0.717, 1.165) is 42.5 Å². The summed E-state index contributed by atoms with van der Waals surface area (Å²) in [5.74, 6) is -0.971. The van der Waals surface area contributed by atoms with Gasteiger partial charge in [-0.25, -0.2) is 4.79 Å². The molecule has 1 atom stereocenters. The van der Waals surface area contributed by atoms with E-state index in [-0.39, 0.29) is 19.2 Å². The summed E-state index contributed by atoms with van der Waals surface area (Å²) in [6.07, 6.45) is -2.46. The van der Waals surface area contributed by atoms with E-state index in [1.165, 1.54) is 12.1 Å². The molecule has 1 heterocycles. The molecule has 1 aliphatic rings. The number of aryl methyl sites for hydroxylation is 1. The first-order chi connectivity index (χ1) is 15.1. The number of carboxylic acids is 1. The molecule has 0 bridgehead atoms. The smallest absolute Gasteiger partial charge is 0.416 e. The molecule has 0 radical (unpaired) electrons. The Morgan fingerprint density at radius 3 is 2.53 bits per heavy atom. The van der Waals surface area contributed by atoms with Crippen LogP contribution < -0.4 is 5.32 Å². The van der Waals surface area contributed by atoms with Crippen LogP contribution in [0.2, 0.25) is 0 Å². The van der Waals surface area contributed by atoms with Gasteiger partial charge in [-0.3, -0.25) is 4.79 Å². The highest BCUT2D eigenvalue weighted by molar-refractivity contribution is 5.73. The first-order valence-corrected chi connectivity index (χ1v) is 10.3. The zero-order chi connectivity index (χ0) is 23.3. The van der Waals surface area contributed by atoms with Crippen LogP contribution in [-0.2, 0) is 22.3 Å². The third-order valence-electron chi connectivity index (χ3n) is 5.46. The van der Waals surface area contributed by atoms with Crippen molar-refractivity contribution >= 4 is 17.7 Å². The summed E-state index contributed by atoms with van der Waals surface area (Å²) in [7, 11) is 0. The Labute approximate surface area is 184 Å². The number of hydrogen-bond donors (Lipinski definition) is 2. The first-order valence-electron chi connectivity index (χ1n) is 10.3. The number of carbonyl (C=O) groups is 2. The van der Waals surface area contributed by atoms with Crippen molar-refractivity contribution in [2.75, 3.05) is 18.4 Å². The molecule has 2 aromatic rings. The van der Waals surface area contributed by atoms with Crippen LogP contribution in [0.5, 0.6) is 0 Å². The van der Waals surface area contributed by atoms with Gasteiger partial charge in [-0.05, 0) is 61.1 Å². The average molecular weight is 450 g/mol. The largest absolute Gasteiger partial charge is 0.480 e. The van der Waals surface area contributed by atoms with Gasteiger partial charge in [0, 0.05) is 12.2 Å². The summed E-state index contributed by atoms with van der Waals surface area (Å²) in [5, 5.41) is 11.8. The first kappa shape index (κ1) is 23.4. The minimum Gasteiger partial charge on any atom is -0.480 e. The van der Waals surface area contributed by atoms with Crippen LogP contribution in [0, 0.1) is 6.92 Å². The summed E-state index contributed by atoms with van der Waals surface area (Å²) in [5.41, 5.74) is 2.16. The fraction of sp³-hybridized carbons (Fsp3) is 0.391. The van der Waals surface area contributed by atoms with E-state index in [9.17, 15) is 22.8 Å². The molecule has 0 spiro atoms. The van der Waals surface area contributed by atoms with Gasteiger partial charge < -0.3 is 20.1 Å². The number of amides is 1. The Hall–Kier alpha value is -3.23. The number of piperidine rings is 1. The third kappa shape index (κ3) is 5.93. The minimum atomic E-state index is -4.41. The van der Waals surface area contributed by atoms with Gasteiger partial charge in [-0.1, -0.05) is 24.3 Å². The Kier molecular flexibility index (Phi) is 7.27. The molecule has 2 N–H and O–H groups in total. The van der Waals surface area contributed by atoms with E-state index in [1.807, 2.05) is 25.1 Å². The standard InChI is InChI=1S/C23H25F3N2O4/c1-15-5-8-17(12-19(15)27-13-21(29)30)20-4-2-3-11-28(20)22(31)32-14-16-6-9-18(10-7-16)23(24,25)26/h5-10,12,20,27H,2-4,11,13-14H2,1H3,(H,29,30). The molecule has 1 saturated heterocycles. The normalized spacial score (nSPS) is 16.5. The quantitative estimate of drug-likeness (QED) is 0.618. The Bertz CT molecular complexity index is 961. The summed E-state index contributed by atoms with van der Waals surface area (Å²) in [6, 6.07) is 9.93. The molecule has 9 heteroatoms. The number of nitrogens with one attached hydrogen (secondary N) is 1. The number of anilines is 1. The molecular formula is C23H25F3N2O4. The van der Waals surface area contributed by atoms with Gasteiger partial charge in [-0.15, -0.1) is 0 Å². The highest BCUT2D eigenvalue weighted by Gasteiger charge is 2.31. The number of rotatable bonds is 6. The van der Waals surface area contributed by atoms with Gasteiger partial charge in [0.2, 0.25) is 0 Å². The van der Waals surface area contributed by atoms with E-state index in [1.54, 1.807) is 4.90 Å². The van der Waals surface area contributed by atoms with Gasteiger partial charge in [0.1, 0.15) is 13.2 Å². The minimum absolute atomic E-state index is 0.125. The molecule has 1 amide bonds. The zero-order valence-electron chi connectivity index (χ0n) is 17.6. The van der Waals surface area contributed by atoms with Crippen molar-refractivity contribution in [3.05, 3.63) is 64.7 Å². The molecule has 0 aliphatic carbocycles. The number of nitrogens with zero attached hydrogens (tertiary/aromatic N) is 1. The van der Waals surface area contributed by atoms with Crippen LogP contribution in [0.1, 0.15) is 47.6 Å². The number of aliphatic carboxylic acids is 1. The van der Waals surface area contributed by atoms with Gasteiger partial charge in [0.15, 0.2) is 0 Å². The fourth-order valence-electron chi connectivity index (χ4n) is 3.72. The number of halogens is 3. The number of likely N-dealkylation sites (tertiary alicyclic amines) is 1. The Balaban J connectivity index is 1.69. The van der Waals surface area contributed by atoms with Crippen LogP contribution >= 0.6 is 0 Å². The highest BCUT2D eigenvalue weighted by atomic mass is 19.4. The fourth-order valence-corrected chi connectivity index (χ4v) is 3.72. The second kappa shape index (κ2) is 9.93. The third-order valence-corrected chi connectivity index (χ3v) is 5.46. The van der Waals surface area contributed by atoms with Gasteiger partial charge in [0.05, 0.1) is 11.6 Å². The topological polar surface area (TPSA) is 78.9 Å². The average Bonchev–Trinajstić information content (AvgIpc) is 2.76. The van der Waals surface area contributed by atoms with Crippen molar-refractivity contribution in [3.8, 4) is 0 Å². The molecule has 6 nitrogen and oxygen atoms in total. The number of carboxylic acid groups (broad SMARTS) is 1. The van der Waals surface area contributed by atoms with Crippen molar-refractivity contribution in [1.29, 1.82) is 0 Å². The number of hydrogen-bond acceptors (Lipinski definition) is 4. The predicted octanol–water partition coefficient (Wildman–Crippen LogP) is 5.37. The number of alkyl halides is 3. The van der Waals surface area contributed by atoms with E-state index in [4.69, 9.17) is 9.84 Å². The predicted molar refractivity (Wildman–Crippen MR) is 112 cm³/mol. The maximum absolute atomic E-state index is 12.8. The molecular weight excluding hydrogens is 425 g/mol. The summed E-state index contributed by atoms with van der Waals surface area (Å²) >= 11 is 0. The van der Waals surface area contributed by atoms with Crippen LogP contribution in [-0.4, -0.2) is 35.2 Å². The highest BCUT2D eigenvalue weighted by Crippen LogP contribution is 2.34. The molecule has 3 rings (SSSR count). The van der Waals surface area contributed by atoms with Crippen molar-refractivity contribution < 1.29 is 32.6 Å². The van der Waals surface area contributed by atoms with E-state index in [2.05, 4.69) is 5.32 Å². The lowest BCUT2D eigenvalue weighted by molar-refractivity contribution is -0.137. The van der Waals surface area contributed by atoms with E-state index < -0.39 is 23.8 Å². The van der Waals surface area contributed by atoms with Crippen molar-refractivity contribution in [2.24, 2.45) is 0 Å². The van der Waals surface area contributed by atoms with Gasteiger partial charge in [-0.2, -0.15) is 13.2 Å². The van der Waals surface area contributed by atoms with Crippen molar-refractivity contribution in [2.45, 2.75) is 45.0 Å². The SMILES string of the molecule is Cc1ccc(C2CCCCN2C(=O)OCc2ccc(C(F)(F)F)cc2)cc1NCC(=O)O. The van der Waals surface area contributed by atoms with Gasteiger partial charge >= 0.3 is 18.2 Å². The van der Waals surface area contributed by atoms with Gasteiger partial charge in [0.25, 0.3) is 0 Å². The number of benzene rings is 2. The lowest BCUT2D eigenvalue weighted by Crippen LogP contribution is -2.38. The summed E-state index contributed by atoms with van der Waals surface area (Å²) in [6.45, 7) is 2.03. The lowest BCUT2D eigenvalue weighted by atomic mass is 9.94. The van der Waals surface area contributed by atoms with Crippen molar-refractivity contribution in [1.82, 2.24) is 4.90 Å². The van der Waals surface area contributed by atoms with E-state index in [0.29, 0.717) is 17.8 Å². The lowest BCUT2D eigenvalue weighted by Gasteiger charge is -2.35. The molecule has 172 valence electrons. The molecule has 0 saturated carbocycles. The second-order valence-corrected chi connectivity index (χ2v) is 7.78. The molecule has 32 heavy (non-hydrogen) atoms. The molecule has 1 fully saturated rings. The zero-order valence-corrected chi connectivity index (χ0v) is 17.6. The molecule has 2 aromatic carbocycles.